The van der Waals surface area contributed by atoms with Crippen LogP contribution in [0.5, 0.6) is 11.5 Å². The van der Waals surface area contributed by atoms with E-state index < -0.39 is 109 Å². The van der Waals surface area contributed by atoms with Crippen LogP contribution in [0, 0.1) is 0 Å². The molecule has 8 atom stereocenters. The van der Waals surface area contributed by atoms with Crippen molar-refractivity contribution in [2.75, 3.05) is 13.7 Å². The molecule has 3 heterocycles. The normalized spacial score (nSPS) is 29.8. The lowest BCUT2D eigenvalue weighted by atomic mass is 9.72. The van der Waals surface area contributed by atoms with Crippen molar-refractivity contribution in [1.29, 1.82) is 0 Å². The van der Waals surface area contributed by atoms with E-state index in [1.807, 2.05) is 0 Å². The molecule has 1 spiro atoms. The monoisotopic (exact) mass is 732 g/mol. The van der Waals surface area contributed by atoms with Gasteiger partial charge in [0.25, 0.3) is 5.79 Å². The summed E-state index contributed by atoms with van der Waals surface area (Å²) in [4.78, 5) is 101. The Morgan fingerprint density at radius 1 is 0.808 bits per heavy atom. The number of esters is 7. The molecule has 2 fully saturated rings. The summed E-state index contributed by atoms with van der Waals surface area (Å²) in [5.74, 6) is -9.37. The number of hydrogen-bond acceptors (Lipinski definition) is 18. The molecular formula is C34H36O18. The predicted molar refractivity (Wildman–Crippen MR) is 166 cm³/mol. The van der Waals surface area contributed by atoms with Gasteiger partial charge in [-0.3, -0.25) is 33.6 Å². The number of ketones is 1. The topological polar surface area (TPSA) is 229 Å². The summed E-state index contributed by atoms with van der Waals surface area (Å²) in [6.07, 6.45) is -8.72. The third kappa shape index (κ3) is 7.20. The van der Waals surface area contributed by atoms with Gasteiger partial charge < -0.3 is 47.4 Å². The Morgan fingerprint density at radius 2 is 1.44 bits per heavy atom. The van der Waals surface area contributed by atoms with Crippen molar-refractivity contribution >= 4 is 53.1 Å². The van der Waals surface area contributed by atoms with Gasteiger partial charge in [0.2, 0.25) is 5.78 Å². The second kappa shape index (κ2) is 14.3. The summed E-state index contributed by atoms with van der Waals surface area (Å²) in [6.45, 7) is 5.90. The van der Waals surface area contributed by atoms with Gasteiger partial charge in [-0.25, -0.2) is 4.79 Å². The van der Waals surface area contributed by atoms with Crippen LogP contribution < -0.4 is 9.47 Å². The highest BCUT2D eigenvalue weighted by atomic mass is 16.7. The minimum absolute atomic E-state index is 0.0946. The van der Waals surface area contributed by atoms with E-state index in [2.05, 4.69) is 0 Å². The minimum Gasteiger partial charge on any atom is -0.481 e. The van der Waals surface area contributed by atoms with Gasteiger partial charge in [0, 0.05) is 59.1 Å². The fourth-order valence-corrected chi connectivity index (χ4v) is 6.92. The molecule has 0 amide bonds. The summed E-state index contributed by atoms with van der Waals surface area (Å²) in [5.41, 5.74) is -1.26. The van der Waals surface area contributed by atoms with Gasteiger partial charge in [0.15, 0.2) is 24.4 Å². The van der Waals surface area contributed by atoms with Crippen LogP contribution in [0.15, 0.2) is 18.2 Å². The molecule has 1 aromatic rings. The molecule has 4 aliphatic rings. The smallest absolute Gasteiger partial charge is 0.335 e. The third-order valence-electron chi connectivity index (χ3n) is 8.55. The van der Waals surface area contributed by atoms with E-state index in [1.54, 1.807) is 0 Å². The number of carbonyl (C=O) groups excluding carboxylic acids is 8. The molecule has 280 valence electrons. The maximum atomic E-state index is 13.7. The predicted octanol–water partition coefficient (Wildman–Crippen LogP) is 1.12. The molecule has 5 rings (SSSR count). The Labute approximate surface area is 295 Å². The fraction of sp³-hybridized carbons (Fsp3) is 0.529. The van der Waals surface area contributed by atoms with Crippen molar-refractivity contribution in [3.05, 3.63) is 29.3 Å². The molecule has 2 bridgehead atoms. The SMILES string of the molecule is COC(=O)[C@@H]1C[C@]23C[C@](OC(C)=O)(O1)C(=O)C=C2c1ccc(OC(C)=O)c([C@@H]2O[C@H](COC(C)=O)[C@@H](OC(C)=O)[C@H](OC(C)=O)[C@H]2OC(C)=O)c1O3. The highest BCUT2D eigenvalue weighted by Crippen LogP contribution is 2.60. The summed E-state index contributed by atoms with van der Waals surface area (Å²) in [5, 5.41) is 0. The van der Waals surface area contributed by atoms with Gasteiger partial charge >= 0.3 is 41.8 Å². The Morgan fingerprint density at radius 3 is 2.02 bits per heavy atom. The molecule has 0 N–H and O–H groups in total. The molecule has 52 heavy (non-hydrogen) atoms. The van der Waals surface area contributed by atoms with E-state index in [9.17, 15) is 38.4 Å². The molecule has 3 aliphatic heterocycles. The number of fused-ring (bicyclic) bond motifs is 3. The van der Waals surface area contributed by atoms with Crippen molar-refractivity contribution in [2.24, 2.45) is 0 Å². The third-order valence-corrected chi connectivity index (χ3v) is 8.55. The zero-order chi connectivity index (χ0) is 38.3. The zero-order valence-electron chi connectivity index (χ0n) is 29.2. The van der Waals surface area contributed by atoms with E-state index in [0.717, 1.165) is 54.7 Å². The first-order valence-corrected chi connectivity index (χ1v) is 16.0. The summed E-state index contributed by atoms with van der Waals surface area (Å²) in [7, 11) is 1.10. The van der Waals surface area contributed by atoms with E-state index in [1.165, 1.54) is 12.1 Å². The van der Waals surface area contributed by atoms with Gasteiger partial charge in [-0.05, 0) is 18.2 Å². The second-order valence-electron chi connectivity index (χ2n) is 12.4. The fourth-order valence-electron chi connectivity index (χ4n) is 6.92. The van der Waals surface area contributed by atoms with Crippen molar-refractivity contribution in [3.63, 3.8) is 0 Å². The molecule has 18 nitrogen and oxygen atoms in total. The summed E-state index contributed by atoms with van der Waals surface area (Å²) < 4.78 is 56.6. The molecule has 0 radical (unpaired) electrons. The molecule has 0 aromatic heterocycles. The van der Waals surface area contributed by atoms with Gasteiger partial charge in [-0.15, -0.1) is 0 Å². The zero-order valence-corrected chi connectivity index (χ0v) is 29.2. The molecule has 1 aliphatic carbocycles. The maximum absolute atomic E-state index is 13.7. The van der Waals surface area contributed by atoms with Crippen LogP contribution in [-0.2, 0) is 76.3 Å². The van der Waals surface area contributed by atoms with Gasteiger partial charge in [-0.2, -0.15) is 0 Å². The van der Waals surface area contributed by atoms with Crippen LogP contribution >= 0.6 is 0 Å². The van der Waals surface area contributed by atoms with E-state index in [4.69, 9.17) is 47.4 Å². The molecule has 18 heteroatoms. The highest BCUT2D eigenvalue weighted by Gasteiger charge is 2.66. The number of benzene rings is 1. The molecule has 0 unspecified atom stereocenters. The second-order valence-corrected chi connectivity index (χ2v) is 12.4. The first-order chi connectivity index (χ1) is 24.4. The average Bonchev–Trinajstić information content (AvgIpc) is 3.31. The van der Waals surface area contributed by atoms with E-state index in [0.29, 0.717) is 0 Å². The van der Waals surface area contributed by atoms with E-state index >= 15 is 0 Å². The standard InChI is InChI=1S/C34H36O18/c1-14(35)44-12-24-28(46-16(3)37)30(47-17(4)38)31(48-18(5)39)29(49-24)26-22(45-15(2)36)9-8-20-21-10-25(41)34(50-19(6)40)13-33(21,52-27(20)26)11-23(51-34)32(42)43-7/h8-10,23-24,28-31H,11-13H2,1-7H3/t23-,24+,28+,29-,30-,31-,33-,34-/m0/s1. The maximum Gasteiger partial charge on any atom is 0.335 e. The van der Waals surface area contributed by atoms with Crippen molar-refractivity contribution in [1.82, 2.24) is 0 Å². The van der Waals surface area contributed by atoms with Crippen LogP contribution in [0.25, 0.3) is 5.57 Å². The first-order valence-electron chi connectivity index (χ1n) is 16.0. The van der Waals surface area contributed by atoms with E-state index in [-0.39, 0.29) is 34.6 Å². The molecule has 2 saturated heterocycles. The van der Waals surface area contributed by atoms with Crippen molar-refractivity contribution in [2.45, 2.75) is 102 Å². The first kappa shape index (κ1) is 37.9. The number of carbonyl (C=O) groups is 8. The summed E-state index contributed by atoms with van der Waals surface area (Å²) >= 11 is 0. The minimum atomic E-state index is -2.29. The number of rotatable bonds is 9. The van der Waals surface area contributed by atoms with Crippen LogP contribution in [0.2, 0.25) is 0 Å². The lowest BCUT2D eigenvalue weighted by Gasteiger charge is -2.48. The Kier molecular flexibility index (Phi) is 10.4. The highest BCUT2D eigenvalue weighted by molar-refractivity contribution is 6.08. The molecule has 1 aromatic carbocycles. The Hall–Kier alpha value is -5.36. The average molecular weight is 733 g/mol. The van der Waals surface area contributed by atoms with Gasteiger partial charge in [0.05, 0.1) is 19.1 Å². The number of ether oxygens (including phenoxy) is 10. The summed E-state index contributed by atoms with van der Waals surface area (Å²) in [6, 6.07) is 2.82. The lowest BCUT2D eigenvalue weighted by molar-refractivity contribution is -0.273. The lowest BCUT2D eigenvalue weighted by Crippen LogP contribution is -2.63. The quantitative estimate of drug-likeness (QED) is 0.197. The van der Waals surface area contributed by atoms with Crippen LogP contribution in [0.1, 0.15) is 71.6 Å². The van der Waals surface area contributed by atoms with Crippen LogP contribution in [0.3, 0.4) is 0 Å². The Balaban J connectivity index is 1.75. The Bertz CT molecular complexity index is 1760. The van der Waals surface area contributed by atoms with Crippen molar-refractivity contribution in [3.8, 4) is 11.5 Å². The molecule has 0 saturated carbocycles. The number of hydrogen-bond donors (Lipinski definition) is 0. The number of methoxy groups -OCH3 is 1. The largest absolute Gasteiger partial charge is 0.481 e. The van der Waals surface area contributed by atoms with Crippen LogP contribution in [0.4, 0.5) is 0 Å². The van der Waals surface area contributed by atoms with Gasteiger partial charge in [0.1, 0.15) is 35.9 Å². The van der Waals surface area contributed by atoms with Crippen LogP contribution in [-0.4, -0.2) is 103 Å². The molecular weight excluding hydrogens is 696 g/mol. The van der Waals surface area contributed by atoms with Gasteiger partial charge in [-0.1, -0.05) is 0 Å². The van der Waals surface area contributed by atoms with Crippen molar-refractivity contribution < 1.29 is 85.7 Å².